The van der Waals surface area contributed by atoms with E-state index in [1.807, 2.05) is 18.2 Å². The van der Waals surface area contributed by atoms with Crippen molar-refractivity contribution in [2.45, 2.75) is 69.7 Å². The maximum absolute atomic E-state index is 13.2. The molecule has 2 aromatic carbocycles. The molecule has 232 valence electrons. The highest BCUT2D eigenvalue weighted by Crippen LogP contribution is 2.42. The Morgan fingerprint density at radius 3 is 2.67 bits per heavy atom. The molecule has 5 rings (SSSR count). The number of carboxylic acids is 1. The third kappa shape index (κ3) is 7.03. The van der Waals surface area contributed by atoms with Crippen LogP contribution < -0.4 is 9.64 Å². The zero-order valence-corrected chi connectivity index (χ0v) is 25.9. The van der Waals surface area contributed by atoms with Crippen LogP contribution in [-0.4, -0.2) is 66.9 Å². The molecule has 2 heterocycles. The van der Waals surface area contributed by atoms with E-state index >= 15 is 0 Å². The van der Waals surface area contributed by atoms with Crippen LogP contribution in [0.4, 0.5) is 5.69 Å². The Morgan fingerprint density at radius 2 is 1.93 bits per heavy atom. The predicted molar refractivity (Wildman–Crippen MR) is 167 cm³/mol. The number of nitrogens with zero attached hydrogens (tertiary/aromatic N) is 2. The Morgan fingerprint density at radius 1 is 1.09 bits per heavy atom. The number of aliphatic carboxylic acids is 1. The molecule has 2 aliphatic heterocycles. The number of aliphatic hydroxyl groups is 1. The minimum atomic E-state index is -2.38. The average molecular weight is 611 g/mol. The second-order valence-electron chi connectivity index (χ2n) is 12.2. The van der Waals surface area contributed by atoms with E-state index in [-0.39, 0.29) is 11.7 Å². The van der Waals surface area contributed by atoms with Gasteiger partial charge in [0.1, 0.15) is 12.4 Å². The lowest BCUT2D eigenvalue weighted by atomic mass is 9.70. The Hall–Kier alpha value is -3.07. The van der Waals surface area contributed by atoms with Gasteiger partial charge in [0.15, 0.2) is 5.60 Å². The monoisotopic (exact) mass is 610 g/mol. The summed E-state index contributed by atoms with van der Waals surface area (Å²) in [4.78, 5) is 29.5. The Balaban J connectivity index is 1.58. The minimum absolute atomic E-state index is 0.0103. The largest absolute Gasteiger partial charge is 0.487 e. The molecule has 43 heavy (non-hydrogen) atoms. The van der Waals surface area contributed by atoms with Gasteiger partial charge in [0.25, 0.3) is 0 Å². The van der Waals surface area contributed by atoms with Crippen LogP contribution in [0.2, 0.25) is 5.02 Å². The van der Waals surface area contributed by atoms with Gasteiger partial charge in [-0.25, -0.2) is 4.79 Å². The first kappa shape index (κ1) is 31.4. The van der Waals surface area contributed by atoms with Crippen molar-refractivity contribution in [3.05, 3.63) is 70.3 Å². The number of methoxy groups -OCH3 is 1. The number of halogens is 1. The number of hydrogen-bond donors (Lipinski definition) is 2. The van der Waals surface area contributed by atoms with Gasteiger partial charge in [-0.3, -0.25) is 4.79 Å². The van der Waals surface area contributed by atoms with Crippen molar-refractivity contribution in [1.29, 1.82) is 0 Å². The minimum Gasteiger partial charge on any atom is -0.487 e. The fraction of sp³-hybridized carbons (Fsp3) is 0.529. The summed E-state index contributed by atoms with van der Waals surface area (Å²) in [5.41, 5.74) is 0.743. The average Bonchev–Trinajstić information content (AvgIpc) is 3.00. The molecule has 2 bridgehead atoms. The summed E-state index contributed by atoms with van der Waals surface area (Å²) in [5.74, 6) is -0.513. The van der Waals surface area contributed by atoms with Gasteiger partial charge >= 0.3 is 5.97 Å². The number of carboxylic acid groups (broad SMARTS) is 1. The van der Waals surface area contributed by atoms with Crippen LogP contribution in [0.3, 0.4) is 0 Å². The Kier molecular flexibility index (Phi) is 9.99. The molecule has 1 aliphatic carbocycles. The summed E-state index contributed by atoms with van der Waals surface area (Å²) < 4.78 is 12.4. The number of ether oxygens (including phenoxy) is 2. The fourth-order valence-electron chi connectivity index (χ4n) is 6.59. The number of carbonyl (C=O) groups excluding carboxylic acids is 1. The maximum Gasteiger partial charge on any atom is 0.340 e. The van der Waals surface area contributed by atoms with E-state index in [1.165, 1.54) is 4.90 Å². The van der Waals surface area contributed by atoms with E-state index in [4.69, 9.17) is 21.1 Å². The van der Waals surface area contributed by atoms with Gasteiger partial charge in [0.2, 0.25) is 5.91 Å². The third-order valence-corrected chi connectivity index (χ3v) is 9.69. The molecule has 3 aliphatic rings. The number of carbonyl (C=O) groups is 2. The molecule has 8 nitrogen and oxygen atoms in total. The predicted octanol–water partition coefficient (Wildman–Crippen LogP) is 5.57. The van der Waals surface area contributed by atoms with Gasteiger partial charge in [-0.1, -0.05) is 35.9 Å². The summed E-state index contributed by atoms with van der Waals surface area (Å²) in [7, 11) is 3.41. The van der Waals surface area contributed by atoms with Crippen molar-refractivity contribution < 1.29 is 29.3 Å². The van der Waals surface area contributed by atoms with E-state index < -0.39 is 23.9 Å². The molecule has 4 atom stereocenters. The van der Waals surface area contributed by atoms with Crippen molar-refractivity contribution in [2.75, 3.05) is 38.7 Å². The molecule has 0 aromatic heterocycles. The normalized spacial score (nSPS) is 27.8. The van der Waals surface area contributed by atoms with Crippen LogP contribution in [-0.2, 0) is 33.0 Å². The summed E-state index contributed by atoms with van der Waals surface area (Å²) in [6.45, 7) is 2.28. The molecule has 9 heteroatoms. The molecular weight excluding hydrogens is 568 g/mol. The first-order valence-electron chi connectivity index (χ1n) is 15.4. The molecule has 0 unspecified atom stereocenters. The molecule has 2 aromatic rings. The number of amides is 1. The van der Waals surface area contributed by atoms with Crippen molar-refractivity contribution in [3.63, 3.8) is 0 Å². The van der Waals surface area contributed by atoms with Gasteiger partial charge in [0, 0.05) is 38.8 Å². The van der Waals surface area contributed by atoms with Gasteiger partial charge in [-0.05, 0) is 97.7 Å². The zero-order valence-electron chi connectivity index (χ0n) is 25.1. The molecule has 1 saturated carbocycles. The second kappa shape index (κ2) is 13.7. The van der Waals surface area contributed by atoms with Crippen molar-refractivity contribution in [3.8, 4) is 5.75 Å². The van der Waals surface area contributed by atoms with E-state index in [1.54, 1.807) is 32.4 Å². The number of benzene rings is 2. The summed E-state index contributed by atoms with van der Waals surface area (Å²) in [6, 6.07) is 10.9. The smallest absolute Gasteiger partial charge is 0.340 e. The number of hydrogen-bond acceptors (Lipinski definition) is 6. The molecule has 0 saturated heterocycles. The zero-order chi connectivity index (χ0) is 30.6. The summed E-state index contributed by atoms with van der Waals surface area (Å²) >= 11 is 6.32. The van der Waals surface area contributed by atoms with Crippen LogP contribution in [0.15, 0.2) is 48.6 Å². The number of aryl methyl sites for hydroxylation is 1. The van der Waals surface area contributed by atoms with Crippen LogP contribution in [0.5, 0.6) is 5.75 Å². The van der Waals surface area contributed by atoms with Gasteiger partial charge in [0.05, 0.1) is 18.2 Å². The van der Waals surface area contributed by atoms with Crippen LogP contribution >= 0.6 is 11.6 Å². The third-order valence-electron chi connectivity index (χ3n) is 9.45. The van der Waals surface area contributed by atoms with Crippen molar-refractivity contribution in [1.82, 2.24) is 4.90 Å². The lowest BCUT2D eigenvalue weighted by Gasteiger charge is -2.43. The first-order chi connectivity index (χ1) is 20.7. The topological polar surface area (TPSA) is 99.5 Å². The van der Waals surface area contributed by atoms with Gasteiger partial charge in [-0.2, -0.15) is 0 Å². The standard InChI is InChI=1S/C34H43ClN2O6/c1-36-16-6-3-4-9-30(42-2)28-14-11-24(28)21-37-17-7-5-8-23-18-27(35)13-10-25(23)22-43-31-15-12-26(19-29(31)37)34(41,33(39)40)20-32(36)38/h4,9-10,12-13,15,18-19,24,28,30,41H,3,5-8,11,14,16-17,20-22H2,1-2H3,(H,39,40)/b9-4+/t24-,28+,30-,34-/m0/s1. The number of anilines is 1. The van der Waals surface area contributed by atoms with E-state index in [9.17, 15) is 19.8 Å². The second-order valence-corrected chi connectivity index (χ2v) is 12.7. The van der Waals surface area contributed by atoms with Crippen LogP contribution in [0, 0.1) is 11.8 Å². The summed E-state index contributed by atoms with van der Waals surface area (Å²) in [6.07, 6.45) is 10.1. The van der Waals surface area contributed by atoms with Gasteiger partial charge in [-0.15, -0.1) is 0 Å². The SMILES string of the molecule is CO[C@H]1/C=C/CCCN(C)C(=O)C[C@@](O)(C(=O)O)c2ccc3c(c2)N(CCCCc2cc(Cl)ccc2CO3)C[C@@H]2CC[C@H]21. The number of rotatable bonds is 2. The van der Waals surface area contributed by atoms with E-state index in [0.29, 0.717) is 35.8 Å². The Labute approximate surface area is 259 Å². The maximum atomic E-state index is 13.2. The van der Waals surface area contributed by atoms with E-state index in [2.05, 4.69) is 17.1 Å². The molecule has 0 radical (unpaired) electrons. The number of allylic oxidation sites excluding steroid dienone is 1. The van der Waals surface area contributed by atoms with E-state index in [0.717, 1.165) is 74.8 Å². The molecule has 2 N–H and O–H groups in total. The Bertz CT molecular complexity index is 1350. The van der Waals surface area contributed by atoms with Crippen molar-refractivity contribution in [2.24, 2.45) is 11.8 Å². The summed E-state index contributed by atoms with van der Waals surface area (Å²) in [5, 5.41) is 22.5. The van der Waals surface area contributed by atoms with Gasteiger partial charge < -0.3 is 29.5 Å². The first-order valence-corrected chi connectivity index (χ1v) is 15.8. The molecule has 1 fully saturated rings. The molecule has 1 amide bonds. The quantitative estimate of drug-likeness (QED) is 0.429. The highest BCUT2D eigenvalue weighted by molar-refractivity contribution is 6.30. The fourth-order valence-corrected chi connectivity index (χ4v) is 6.78. The number of fused-ring (bicyclic) bond motifs is 3. The molecular formula is C34H43ClN2O6. The highest BCUT2D eigenvalue weighted by Gasteiger charge is 2.42. The molecule has 0 spiro atoms. The van der Waals surface area contributed by atoms with Crippen LogP contribution in [0.25, 0.3) is 0 Å². The van der Waals surface area contributed by atoms with Crippen molar-refractivity contribution >= 4 is 29.2 Å². The lowest BCUT2D eigenvalue weighted by Crippen LogP contribution is -2.44. The highest BCUT2D eigenvalue weighted by atomic mass is 35.5. The lowest BCUT2D eigenvalue weighted by molar-refractivity contribution is -0.164. The van der Waals surface area contributed by atoms with Crippen LogP contribution in [0.1, 0.15) is 61.6 Å².